The van der Waals surface area contributed by atoms with Crippen molar-refractivity contribution in [3.63, 3.8) is 0 Å². The Hall–Kier alpha value is -1.63. The van der Waals surface area contributed by atoms with Crippen LogP contribution in [0, 0.1) is 11.7 Å². The lowest BCUT2D eigenvalue weighted by Gasteiger charge is -2.26. The summed E-state index contributed by atoms with van der Waals surface area (Å²) in [5, 5.41) is 14.2. The van der Waals surface area contributed by atoms with Crippen LogP contribution >= 0.6 is 15.9 Å². The van der Waals surface area contributed by atoms with E-state index in [1.165, 1.54) is 25.1 Å². The van der Waals surface area contributed by atoms with Gasteiger partial charge < -0.3 is 15.7 Å². The molecular weight excluding hydrogens is 331 g/mol. The Morgan fingerprint density at radius 1 is 1.45 bits per heavy atom. The first-order chi connectivity index (χ1) is 9.33. The van der Waals surface area contributed by atoms with Gasteiger partial charge in [-0.05, 0) is 59.8 Å². The van der Waals surface area contributed by atoms with Crippen molar-refractivity contribution in [3.05, 3.63) is 28.5 Å². The maximum Gasteiger partial charge on any atom is 0.329 e. The Balaban J connectivity index is 2.04. The Kier molecular flexibility index (Phi) is 3.99. The van der Waals surface area contributed by atoms with Crippen LogP contribution in [0.25, 0.3) is 0 Å². The molecule has 2 amide bonds. The molecule has 0 spiro atoms. The van der Waals surface area contributed by atoms with Gasteiger partial charge in [0.05, 0.1) is 4.47 Å². The third kappa shape index (κ3) is 3.09. The Morgan fingerprint density at radius 2 is 2.10 bits per heavy atom. The van der Waals surface area contributed by atoms with E-state index in [1.807, 2.05) is 0 Å². The van der Waals surface area contributed by atoms with Crippen molar-refractivity contribution in [3.8, 4) is 0 Å². The monoisotopic (exact) mass is 344 g/mol. The van der Waals surface area contributed by atoms with E-state index in [9.17, 15) is 19.1 Å². The highest BCUT2D eigenvalue weighted by Gasteiger charge is 2.48. The summed E-state index contributed by atoms with van der Waals surface area (Å²) in [6.45, 7) is 1.49. The van der Waals surface area contributed by atoms with Crippen LogP contribution in [-0.2, 0) is 4.79 Å². The quantitative estimate of drug-likeness (QED) is 0.785. The molecule has 1 unspecified atom stereocenters. The smallest absolute Gasteiger partial charge is 0.329 e. The van der Waals surface area contributed by atoms with Gasteiger partial charge in [-0.25, -0.2) is 14.0 Å². The maximum absolute atomic E-state index is 13.1. The summed E-state index contributed by atoms with van der Waals surface area (Å²) in [5.41, 5.74) is -0.902. The molecule has 1 atom stereocenters. The molecule has 0 aromatic heterocycles. The summed E-state index contributed by atoms with van der Waals surface area (Å²) < 4.78 is 13.3. The number of anilines is 1. The lowest BCUT2D eigenvalue weighted by atomic mass is 9.96. The highest BCUT2D eigenvalue weighted by Crippen LogP contribution is 2.39. The fourth-order valence-corrected chi connectivity index (χ4v) is 2.34. The van der Waals surface area contributed by atoms with Crippen molar-refractivity contribution in [2.75, 3.05) is 5.32 Å². The first-order valence-corrected chi connectivity index (χ1v) is 6.90. The predicted molar refractivity (Wildman–Crippen MR) is 75.0 cm³/mol. The summed E-state index contributed by atoms with van der Waals surface area (Å²) in [4.78, 5) is 23.2. The van der Waals surface area contributed by atoms with E-state index in [4.69, 9.17) is 0 Å². The van der Waals surface area contributed by atoms with Gasteiger partial charge in [-0.3, -0.25) is 0 Å². The summed E-state index contributed by atoms with van der Waals surface area (Å²) >= 11 is 3.01. The lowest BCUT2D eigenvalue weighted by molar-refractivity contribution is -0.144. The third-order valence-corrected chi connectivity index (χ3v) is 4.00. The number of carbonyl (C=O) groups is 2. The Morgan fingerprint density at radius 3 is 2.60 bits per heavy atom. The minimum Gasteiger partial charge on any atom is -0.480 e. The van der Waals surface area contributed by atoms with Gasteiger partial charge in [0, 0.05) is 5.69 Å². The largest absolute Gasteiger partial charge is 0.480 e. The number of hydrogen-bond donors (Lipinski definition) is 3. The highest BCUT2D eigenvalue weighted by molar-refractivity contribution is 9.10. The van der Waals surface area contributed by atoms with Crippen molar-refractivity contribution < 1.29 is 19.1 Å². The Labute approximate surface area is 123 Å². The van der Waals surface area contributed by atoms with Gasteiger partial charge >= 0.3 is 12.0 Å². The highest BCUT2D eigenvalue weighted by atomic mass is 79.9. The Bertz CT molecular complexity index is 563. The molecule has 3 N–H and O–H groups in total. The van der Waals surface area contributed by atoms with Gasteiger partial charge in [-0.2, -0.15) is 0 Å². The van der Waals surface area contributed by atoms with Crippen LogP contribution in [0.15, 0.2) is 22.7 Å². The van der Waals surface area contributed by atoms with Crippen LogP contribution in [0.4, 0.5) is 14.9 Å². The normalized spacial score (nSPS) is 17.1. The van der Waals surface area contributed by atoms with E-state index in [2.05, 4.69) is 26.6 Å². The molecule has 0 bridgehead atoms. The topological polar surface area (TPSA) is 78.4 Å². The number of rotatable bonds is 4. The molecule has 0 radical (unpaired) electrons. The molecule has 0 aliphatic heterocycles. The summed E-state index contributed by atoms with van der Waals surface area (Å²) in [7, 11) is 0. The molecule has 1 aromatic carbocycles. The van der Waals surface area contributed by atoms with Crippen molar-refractivity contribution in [1.29, 1.82) is 0 Å². The zero-order valence-electron chi connectivity index (χ0n) is 10.7. The fourth-order valence-electron chi connectivity index (χ4n) is 1.96. The minimum absolute atomic E-state index is 0.0503. The van der Waals surface area contributed by atoms with Crippen molar-refractivity contribution in [2.24, 2.45) is 5.92 Å². The molecule has 1 aromatic rings. The predicted octanol–water partition coefficient (Wildman–Crippen LogP) is 2.96. The van der Waals surface area contributed by atoms with Gasteiger partial charge in [0.2, 0.25) is 0 Å². The minimum atomic E-state index is -1.28. The number of nitrogens with one attached hydrogen (secondary N) is 2. The molecule has 1 aliphatic rings. The number of benzene rings is 1. The number of carboxylic acid groups (broad SMARTS) is 1. The number of aliphatic carboxylic acids is 1. The van der Waals surface area contributed by atoms with Gasteiger partial charge in [0.15, 0.2) is 0 Å². The summed E-state index contributed by atoms with van der Waals surface area (Å²) in [6.07, 6.45) is 1.57. The average Bonchev–Trinajstić information content (AvgIpc) is 3.17. The molecule has 1 saturated carbocycles. The number of carboxylic acids is 1. The van der Waals surface area contributed by atoms with Crippen molar-refractivity contribution in [2.45, 2.75) is 25.3 Å². The van der Waals surface area contributed by atoms with Crippen LogP contribution in [0.5, 0.6) is 0 Å². The second kappa shape index (κ2) is 5.40. The lowest BCUT2D eigenvalue weighted by Crippen LogP contribution is -2.55. The fraction of sp³-hybridized carbons (Fsp3) is 0.385. The molecule has 5 nitrogen and oxygen atoms in total. The van der Waals surface area contributed by atoms with E-state index >= 15 is 0 Å². The second-order valence-corrected chi connectivity index (χ2v) is 5.84. The molecular formula is C13H14BrFN2O3. The number of halogens is 2. The van der Waals surface area contributed by atoms with Crippen LogP contribution in [0.2, 0.25) is 0 Å². The molecule has 0 saturated heterocycles. The number of hydrogen-bond acceptors (Lipinski definition) is 2. The zero-order chi connectivity index (χ0) is 14.9. The molecule has 7 heteroatoms. The number of amides is 2. The van der Waals surface area contributed by atoms with Crippen LogP contribution in [-0.4, -0.2) is 22.6 Å². The molecule has 1 aliphatic carbocycles. The SMILES string of the molecule is CC(NC(=O)Nc1ccc(F)c(Br)c1)(C(=O)O)C1CC1. The number of urea groups is 1. The average molecular weight is 345 g/mol. The summed E-state index contributed by atoms with van der Waals surface area (Å²) in [6, 6.07) is 3.39. The van der Waals surface area contributed by atoms with Gasteiger partial charge in [0.25, 0.3) is 0 Å². The van der Waals surface area contributed by atoms with E-state index in [0.717, 1.165) is 12.8 Å². The second-order valence-electron chi connectivity index (χ2n) is 4.99. The van der Waals surface area contributed by atoms with Gasteiger partial charge in [-0.15, -0.1) is 0 Å². The van der Waals surface area contributed by atoms with E-state index in [-0.39, 0.29) is 10.4 Å². The molecule has 0 heterocycles. The molecule has 1 fully saturated rings. The maximum atomic E-state index is 13.1. The zero-order valence-corrected chi connectivity index (χ0v) is 12.3. The number of carbonyl (C=O) groups excluding carboxylic acids is 1. The van der Waals surface area contributed by atoms with E-state index < -0.39 is 23.4 Å². The van der Waals surface area contributed by atoms with Crippen LogP contribution < -0.4 is 10.6 Å². The first-order valence-electron chi connectivity index (χ1n) is 6.10. The molecule has 2 rings (SSSR count). The van der Waals surface area contributed by atoms with E-state index in [1.54, 1.807) is 0 Å². The van der Waals surface area contributed by atoms with Crippen LogP contribution in [0.1, 0.15) is 19.8 Å². The third-order valence-electron chi connectivity index (χ3n) is 3.39. The van der Waals surface area contributed by atoms with Crippen LogP contribution in [0.3, 0.4) is 0 Å². The van der Waals surface area contributed by atoms with E-state index in [0.29, 0.717) is 5.69 Å². The first kappa shape index (κ1) is 14.8. The summed E-state index contributed by atoms with van der Waals surface area (Å²) in [5.74, 6) is -1.55. The van der Waals surface area contributed by atoms with Crippen molar-refractivity contribution >= 4 is 33.6 Å². The molecule has 108 valence electrons. The molecule has 20 heavy (non-hydrogen) atoms. The standard InChI is InChI=1S/C13H14BrFN2O3/c1-13(11(18)19,7-2-3-7)17-12(20)16-8-4-5-10(15)9(14)6-8/h4-7H,2-3H2,1H3,(H,18,19)(H2,16,17,20). The van der Waals surface area contributed by atoms with Gasteiger partial charge in [-0.1, -0.05) is 0 Å². The van der Waals surface area contributed by atoms with Crippen molar-refractivity contribution in [1.82, 2.24) is 5.32 Å². The van der Waals surface area contributed by atoms with Gasteiger partial charge in [0.1, 0.15) is 11.4 Å².